The molecule has 1 aliphatic heterocycles. The lowest BCUT2D eigenvalue weighted by molar-refractivity contribution is 0.0523. The molecule has 1 N–H and O–H groups in total. The van der Waals surface area contributed by atoms with Crippen LogP contribution in [0.5, 0.6) is 5.75 Å². The van der Waals surface area contributed by atoms with Crippen LogP contribution in [0, 0.1) is 13.8 Å². The van der Waals surface area contributed by atoms with Crippen molar-refractivity contribution in [2.75, 3.05) is 63.2 Å². The molecule has 1 fully saturated rings. The van der Waals surface area contributed by atoms with Crippen molar-refractivity contribution in [2.24, 2.45) is 0 Å². The summed E-state index contributed by atoms with van der Waals surface area (Å²) in [6.07, 6.45) is 0. The van der Waals surface area contributed by atoms with Crippen molar-refractivity contribution in [3.05, 3.63) is 41.2 Å². The van der Waals surface area contributed by atoms with Gasteiger partial charge in [-0.2, -0.15) is 0 Å². The third kappa shape index (κ3) is 5.18. The van der Waals surface area contributed by atoms with Gasteiger partial charge in [0.05, 0.1) is 30.8 Å². The van der Waals surface area contributed by atoms with Gasteiger partial charge in [0.25, 0.3) is 0 Å². The van der Waals surface area contributed by atoms with E-state index in [1.165, 1.54) is 0 Å². The zero-order chi connectivity index (χ0) is 21.5. The molecule has 1 saturated heterocycles. The maximum Gasteiger partial charge on any atom is 0.341 e. The Bertz CT molecular complexity index is 843. The molecule has 2 aromatic rings. The summed E-state index contributed by atoms with van der Waals surface area (Å²) in [7, 11) is 1.71. The standard InChI is InChI=1S/C22H31N5O3/c1-5-30-21(28)20-16(2)24-22(25-17(20)3)23-10-11-26-12-14-27(15-13-26)18-8-6-7-9-19(18)29-4/h6-9H,5,10-15H2,1-4H3,(H,23,24,25). The van der Waals surface area contributed by atoms with Crippen LogP contribution in [0.25, 0.3) is 0 Å². The predicted octanol–water partition coefficient (Wildman–Crippen LogP) is 2.51. The second-order valence-corrected chi connectivity index (χ2v) is 7.24. The van der Waals surface area contributed by atoms with Gasteiger partial charge in [-0.05, 0) is 32.9 Å². The normalized spacial score (nSPS) is 14.5. The number of carbonyl (C=O) groups is 1. The van der Waals surface area contributed by atoms with E-state index in [1.807, 2.05) is 32.0 Å². The Morgan fingerprint density at radius 3 is 2.40 bits per heavy atom. The summed E-state index contributed by atoms with van der Waals surface area (Å²) in [5, 5.41) is 3.28. The third-order valence-electron chi connectivity index (χ3n) is 5.26. The summed E-state index contributed by atoms with van der Waals surface area (Å²) in [5.74, 6) is 1.10. The van der Waals surface area contributed by atoms with Crippen molar-refractivity contribution in [1.29, 1.82) is 0 Å². The van der Waals surface area contributed by atoms with Gasteiger partial charge in [0.2, 0.25) is 5.95 Å². The van der Waals surface area contributed by atoms with E-state index in [4.69, 9.17) is 9.47 Å². The van der Waals surface area contributed by atoms with Gasteiger partial charge in [-0.1, -0.05) is 12.1 Å². The number of piperazine rings is 1. The van der Waals surface area contributed by atoms with Crippen LogP contribution in [-0.2, 0) is 4.74 Å². The molecule has 0 amide bonds. The first kappa shape index (κ1) is 21.8. The highest BCUT2D eigenvalue weighted by Crippen LogP contribution is 2.28. The zero-order valence-electron chi connectivity index (χ0n) is 18.3. The average molecular weight is 414 g/mol. The molecule has 8 nitrogen and oxygen atoms in total. The molecule has 1 aliphatic rings. The topological polar surface area (TPSA) is 79.8 Å². The molecule has 0 aliphatic carbocycles. The number of nitrogens with one attached hydrogen (secondary N) is 1. The molecule has 0 unspecified atom stereocenters. The number of ether oxygens (including phenoxy) is 2. The van der Waals surface area contributed by atoms with Crippen molar-refractivity contribution in [2.45, 2.75) is 20.8 Å². The molecule has 0 bridgehead atoms. The van der Waals surface area contributed by atoms with Gasteiger partial charge in [-0.3, -0.25) is 4.90 Å². The number of rotatable bonds is 8. The smallest absolute Gasteiger partial charge is 0.341 e. The average Bonchev–Trinajstić information content (AvgIpc) is 2.74. The molecule has 1 aromatic carbocycles. The largest absolute Gasteiger partial charge is 0.495 e. The Labute approximate surface area is 178 Å². The number of esters is 1. The Morgan fingerprint density at radius 2 is 1.77 bits per heavy atom. The van der Waals surface area contributed by atoms with Gasteiger partial charge < -0.3 is 19.7 Å². The summed E-state index contributed by atoms with van der Waals surface area (Å²) in [6.45, 7) is 11.3. The molecular weight excluding hydrogens is 382 g/mol. The zero-order valence-corrected chi connectivity index (χ0v) is 18.3. The highest BCUT2D eigenvalue weighted by Gasteiger charge is 2.20. The summed E-state index contributed by atoms with van der Waals surface area (Å²) in [5.41, 5.74) is 2.87. The number of para-hydroxylation sites is 2. The van der Waals surface area contributed by atoms with Crippen LogP contribution in [0.1, 0.15) is 28.7 Å². The fourth-order valence-corrected chi connectivity index (χ4v) is 3.72. The Kier molecular flexibility index (Phi) is 7.46. The van der Waals surface area contributed by atoms with E-state index >= 15 is 0 Å². The summed E-state index contributed by atoms with van der Waals surface area (Å²) < 4.78 is 10.6. The van der Waals surface area contributed by atoms with Crippen LogP contribution in [0.15, 0.2) is 24.3 Å². The van der Waals surface area contributed by atoms with Crippen LogP contribution in [0.2, 0.25) is 0 Å². The van der Waals surface area contributed by atoms with Crippen LogP contribution < -0.4 is 15.0 Å². The molecule has 1 aromatic heterocycles. The van der Waals surface area contributed by atoms with E-state index < -0.39 is 0 Å². The molecule has 0 radical (unpaired) electrons. The lowest BCUT2D eigenvalue weighted by Gasteiger charge is -2.36. The summed E-state index contributed by atoms with van der Waals surface area (Å²) >= 11 is 0. The first-order chi connectivity index (χ1) is 14.5. The molecule has 2 heterocycles. The van der Waals surface area contributed by atoms with Crippen molar-refractivity contribution in [1.82, 2.24) is 14.9 Å². The fraction of sp³-hybridized carbons (Fsp3) is 0.500. The van der Waals surface area contributed by atoms with Gasteiger partial charge in [0.15, 0.2) is 0 Å². The number of hydrogen-bond acceptors (Lipinski definition) is 8. The second kappa shape index (κ2) is 10.2. The number of methoxy groups -OCH3 is 1. The molecule has 8 heteroatoms. The predicted molar refractivity (Wildman–Crippen MR) is 118 cm³/mol. The fourth-order valence-electron chi connectivity index (χ4n) is 3.72. The van der Waals surface area contributed by atoms with Crippen LogP contribution in [0.3, 0.4) is 0 Å². The number of carbonyl (C=O) groups excluding carboxylic acids is 1. The van der Waals surface area contributed by atoms with Crippen LogP contribution >= 0.6 is 0 Å². The first-order valence-electron chi connectivity index (χ1n) is 10.4. The lowest BCUT2D eigenvalue weighted by Crippen LogP contribution is -2.47. The minimum atomic E-state index is -0.369. The first-order valence-corrected chi connectivity index (χ1v) is 10.4. The van der Waals surface area contributed by atoms with Gasteiger partial charge in [0, 0.05) is 39.3 Å². The van der Waals surface area contributed by atoms with Gasteiger partial charge in [-0.25, -0.2) is 14.8 Å². The minimum absolute atomic E-state index is 0.335. The van der Waals surface area contributed by atoms with Crippen molar-refractivity contribution >= 4 is 17.6 Å². The number of benzene rings is 1. The highest BCUT2D eigenvalue weighted by atomic mass is 16.5. The third-order valence-corrected chi connectivity index (χ3v) is 5.26. The molecule has 30 heavy (non-hydrogen) atoms. The second-order valence-electron chi connectivity index (χ2n) is 7.24. The minimum Gasteiger partial charge on any atom is -0.495 e. The highest BCUT2D eigenvalue weighted by molar-refractivity contribution is 5.91. The summed E-state index contributed by atoms with van der Waals surface area (Å²) in [6, 6.07) is 8.15. The molecule has 0 saturated carbocycles. The number of nitrogens with zero attached hydrogens (tertiary/aromatic N) is 4. The van der Waals surface area contributed by atoms with Gasteiger partial charge >= 0.3 is 5.97 Å². The number of anilines is 2. The van der Waals surface area contributed by atoms with E-state index in [2.05, 4.69) is 31.2 Å². The van der Waals surface area contributed by atoms with Gasteiger partial charge in [0.1, 0.15) is 11.3 Å². The van der Waals surface area contributed by atoms with E-state index in [0.29, 0.717) is 29.5 Å². The van der Waals surface area contributed by atoms with Crippen molar-refractivity contribution < 1.29 is 14.3 Å². The summed E-state index contributed by atoms with van der Waals surface area (Å²) in [4.78, 5) is 25.7. The Hall–Kier alpha value is -2.87. The molecule has 0 atom stereocenters. The van der Waals surface area contributed by atoms with Crippen molar-refractivity contribution in [3.63, 3.8) is 0 Å². The SMILES string of the molecule is CCOC(=O)c1c(C)nc(NCCN2CCN(c3ccccc3OC)CC2)nc1C. The Balaban J connectivity index is 1.49. The molecule has 3 rings (SSSR count). The Morgan fingerprint density at radius 1 is 1.10 bits per heavy atom. The molecular formula is C22H31N5O3. The van der Waals surface area contributed by atoms with E-state index in [0.717, 1.165) is 50.7 Å². The van der Waals surface area contributed by atoms with Crippen LogP contribution in [-0.4, -0.2) is 73.8 Å². The number of hydrogen-bond donors (Lipinski definition) is 1. The monoisotopic (exact) mass is 413 g/mol. The van der Waals surface area contributed by atoms with E-state index in [-0.39, 0.29) is 5.97 Å². The molecule has 0 spiro atoms. The quantitative estimate of drug-likeness (QED) is 0.662. The lowest BCUT2D eigenvalue weighted by atomic mass is 10.2. The van der Waals surface area contributed by atoms with E-state index in [1.54, 1.807) is 14.0 Å². The van der Waals surface area contributed by atoms with Crippen LogP contribution in [0.4, 0.5) is 11.6 Å². The number of aryl methyl sites for hydroxylation is 2. The maximum atomic E-state index is 12.0. The molecule has 162 valence electrons. The van der Waals surface area contributed by atoms with Crippen molar-refractivity contribution in [3.8, 4) is 5.75 Å². The maximum absolute atomic E-state index is 12.0. The van der Waals surface area contributed by atoms with Gasteiger partial charge in [-0.15, -0.1) is 0 Å². The number of aromatic nitrogens is 2. The van der Waals surface area contributed by atoms with E-state index in [9.17, 15) is 4.79 Å².